The van der Waals surface area contributed by atoms with Crippen LogP contribution in [0.3, 0.4) is 0 Å². The van der Waals surface area contributed by atoms with E-state index in [2.05, 4.69) is 19.2 Å². The van der Waals surface area contributed by atoms with Gasteiger partial charge in [0, 0.05) is 0 Å². The highest BCUT2D eigenvalue weighted by Crippen LogP contribution is 2.29. The summed E-state index contributed by atoms with van der Waals surface area (Å²) in [4.78, 5) is 12.2. The van der Waals surface area contributed by atoms with Crippen molar-refractivity contribution < 1.29 is 19.0 Å². The van der Waals surface area contributed by atoms with Gasteiger partial charge in [-0.1, -0.05) is 32.0 Å². The number of benzene rings is 2. The lowest BCUT2D eigenvalue weighted by molar-refractivity contribution is -0.123. The highest BCUT2D eigenvalue weighted by atomic mass is 16.5. The van der Waals surface area contributed by atoms with Crippen LogP contribution in [0.4, 0.5) is 0 Å². The van der Waals surface area contributed by atoms with E-state index in [0.29, 0.717) is 23.2 Å². The third-order valence-corrected chi connectivity index (χ3v) is 4.20. The summed E-state index contributed by atoms with van der Waals surface area (Å²) in [6, 6.07) is 13.2. The Hall–Kier alpha value is -2.69. The fraction of sp³-hybridized carbons (Fsp3) is 0.381. The molecule has 1 amide bonds. The lowest BCUT2D eigenvalue weighted by Crippen LogP contribution is -2.31. The predicted molar refractivity (Wildman–Crippen MR) is 102 cm³/mol. The van der Waals surface area contributed by atoms with E-state index in [1.54, 1.807) is 14.2 Å². The summed E-state index contributed by atoms with van der Waals surface area (Å²) in [5, 5.41) is 2.92. The van der Waals surface area contributed by atoms with Crippen LogP contribution in [-0.4, -0.2) is 26.7 Å². The van der Waals surface area contributed by atoms with Gasteiger partial charge in [-0.15, -0.1) is 0 Å². The zero-order chi connectivity index (χ0) is 19.1. The van der Waals surface area contributed by atoms with Crippen LogP contribution in [0.1, 0.15) is 43.9 Å². The Labute approximate surface area is 155 Å². The summed E-state index contributed by atoms with van der Waals surface area (Å²) in [7, 11) is 3.18. The summed E-state index contributed by atoms with van der Waals surface area (Å²) >= 11 is 0. The first kappa shape index (κ1) is 19.6. The molecule has 26 heavy (non-hydrogen) atoms. The molecule has 0 saturated heterocycles. The topological polar surface area (TPSA) is 56.8 Å². The minimum atomic E-state index is -0.180. The van der Waals surface area contributed by atoms with E-state index in [9.17, 15) is 4.79 Å². The van der Waals surface area contributed by atoms with Crippen LogP contribution in [0.2, 0.25) is 0 Å². The van der Waals surface area contributed by atoms with E-state index in [0.717, 1.165) is 5.56 Å². The Kier molecular flexibility index (Phi) is 6.89. The fourth-order valence-corrected chi connectivity index (χ4v) is 2.59. The summed E-state index contributed by atoms with van der Waals surface area (Å²) in [5.74, 6) is 2.26. The summed E-state index contributed by atoms with van der Waals surface area (Å²) in [6.07, 6.45) is 0. The molecular formula is C21H27NO4. The van der Waals surface area contributed by atoms with Crippen LogP contribution in [0.15, 0.2) is 42.5 Å². The van der Waals surface area contributed by atoms with E-state index in [-0.39, 0.29) is 18.6 Å². The monoisotopic (exact) mass is 357 g/mol. The molecule has 0 radical (unpaired) electrons. The van der Waals surface area contributed by atoms with Gasteiger partial charge in [0.2, 0.25) is 0 Å². The molecule has 0 aliphatic rings. The predicted octanol–water partition coefficient (Wildman–Crippen LogP) is 4.08. The Morgan fingerprint density at radius 3 is 2.12 bits per heavy atom. The first-order valence-corrected chi connectivity index (χ1v) is 8.68. The molecule has 0 aliphatic heterocycles. The molecule has 2 aromatic carbocycles. The van der Waals surface area contributed by atoms with Crippen LogP contribution in [0.25, 0.3) is 0 Å². The lowest BCUT2D eigenvalue weighted by Gasteiger charge is -2.17. The van der Waals surface area contributed by atoms with Gasteiger partial charge in [-0.2, -0.15) is 0 Å². The molecule has 0 spiro atoms. The molecule has 0 unspecified atom stereocenters. The number of hydrogen-bond acceptors (Lipinski definition) is 4. The Morgan fingerprint density at radius 2 is 1.54 bits per heavy atom. The SMILES string of the molecule is COc1ccc([C@@H](C)NC(=O)COc2ccc(C(C)C)cc2)cc1OC. The van der Waals surface area contributed by atoms with E-state index >= 15 is 0 Å². The number of carbonyl (C=O) groups is 1. The normalized spacial score (nSPS) is 11.8. The van der Waals surface area contributed by atoms with Gasteiger partial charge in [-0.05, 0) is 48.2 Å². The maximum absolute atomic E-state index is 12.2. The molecule has 2 aromatic rings. The summed E-state index contributed by atoms with van der Waals surface area (Å²) in [5.41, 5.74) is 2.17. The molecule has 0 fully saturated rings. The smallest absolute Gasteiger partial charge is 0.258 e. The molecule has 2 rings (SSSR count). The van der Waals surface area contributed by atoms with E-state index in [1.165, 1.54) is 5.56 Å². The van der Waals surface area contributed by atoms with Crippen molar-refractivity contribution in [2.45, 2.75) is 32.7 Å². The first-order chi connectivity index (χ1) is 12.4. The van der Waals surface area contributed by atoms with Gasteiger partial charge in [-0.3, -0.25) is 4.79 Å². The second-order valence-electron chi connectivity index (χ2n) is 6.42. The van der Waals surface area contributed by atoms with Crippen molar-refractivity contribution >= 4 is 5.91 Å². The van der Waals surface area contributed by atoms with Crippen molar-refractivity contribution in [1.29, 1.82) is 0 Å². The van der Waals surface area contributed by atoms with Crippen molar-refractivity contribution in [1.82, 2.24) is 5.32 Å². The number of carbonyl (C=O) groups excluding carboxylic acids is 1. The molecule has 5 nitrogen and oxygen atoms in total. The molecule has 0 heterocycles. The molecule has 1 N–H and O–H groups in total. The zero-order valence-corrected chi connectivity index (χ0v) is 16.0. The average molecular weight is 357 g/mol. The second kappa shape index (κ2) is 9.13. The van der Waals surface area contributed by atoms with E-state index < -0.39 is 0 Å². The molecule has 1 atom stereocenters. The minimum Gasteiger partial charge on any atom is -0.493 e. The van der Waals surface area contributed by atoms with Crippen LogP contribution < -0.4 is 19.5 Å². The largest absolute Gasteiger partial charge is 0.493 e. The summed E-state index contributed by atoms with van der Waals surface area (Å²) in [6.45, 7) is 6.16. The number of nitrogens with one attached hydrogen (secondary N) is 1. The first-order valence-electron chi connectivity index (χ1n) is 8.68. The number of amides is 1. The lowest BCUT2D eigenvalue weighted by atomic mass is 10.0. The van der Waals surface area contributed by atoms with Gasteiger partial charge in [0.1, 0.15) is 5.75 Å². The highest BCUT2D eigenvalue weighted by Gasteiger charge is 2.13. The van der Waals surface area contributed by atoms with Crippen molar-refractivity contribution in [3.8, 4) is 17.2 Å². The zero-order valence-electron chi connectivity index (χ0n) is 16.0. The molecule has 140 valence electrons. The number of methoxy groups -OCH3 is 2. The maximum atomic E-state index is 12.2. The van der Waals surface area contributed by atoms with Crippen molar-refractivity contribution in [3.63, 3.8) is 0 Å². The van der Waals surface area contributed by atoms with Gasteiger partial charge in [0.05, 0.1) is 20.3 Å². The van der Waals surface area contributed by atoms with Crippen LogP contribution >= 0.6 is 0 Å². The van der Waals surface area contributed by atoms with Crippen LogP contribution in [0.5, 0.6) is 17.2 Å². The van der Waals surface area contributed by atoms with E-state index in [1.807, 2.05) is 49.4 Å². The van der Waals surface area contributed by atoms with E-state index in [4.69, 9.17) is 14.2 Å². The fourth-order valence-electron chi connectivity index (χ4n) is 2.59. The summed E-state index contributed by atoms with van der Waals surface area (Å²) < 4.78 is 16.1. The number of rotatable bonds is 8. The molecule has 0 bridgehead atoms. The Morgan fingerprint density at radius 1 is 0.923 bits per heavy atom. The average Bonchev–Trinajstić information content (AvgIpc) is 2.65. The van der Waals surface area contributed by atoms with Gasteiger partial charge in [0.25, 0.3) is 5.91 Å². The standard InChI is InChI=1S/C21H27NO4/c1-14(2)16-6-9-18(10-7-16)26-13-21(23)22-15(3)17-8-11-19(24-4)20(12-17)25-5/h6-12,14-15H,13H2,1-5H3,(H,22,23)/t15-/m1/s1. The van der Waals surface area contributed by atoms with Crippen molar-refractivity contribution in [2.75, 3.05) is 20.8 Å². The molecular weight excluding hydrogens is 330 g/mol. The minimum absolute atomic E-state index is 0.0291. The molecule has 0 aliphatic carbocycles. The van der Waals surface area contributed by atoms with Crippen molar-refractivity contribution in [2.24, 2.45) is 0 Å². The van der Waals surface area contributed by atoms with Crippen molar-refractivity contribution in [3.05, 3.63) is 53.6 Å². The van der Waals surface area contributed by atoms with Gasteiger partial charge >= 0.3 is 0 Å². The number of ether oxygens (including phenoxy) is 3. The molecule has 0 saturated carbocycles. The third-order valence-electron chi connectivity index (χ3n) is 4.20. The van der Waals surface area contributed by atoms with Gasteiger partial charge in [0.15, 0.2) is 18.1 Å². The second-order valence-corrected chi connectivity index (χ2v) is 6.42. The molecule has 5 heteroatoms. The highest BCUT2D eigenvalue weighted by molar-refractivity contribution is 5.78. The Balaban J connectivity index is 1.90. The van der Waals surface area contributed by atoms with Gasteiger partial charge < -0.3 is 19.5 Å². The van der Waals surface area contributed by atoms with Crippen LogP contribution in [-0.2, 0) is 4.79 Å². The Bertz CT molecular complexity index is 725. The van der Waals surface area contributed by atoms with Crippen LogP contribution in [0, 0.1) is 0 Å². The third kappa shape index (κ3) is 5.15. The maximum Gasteiger partial charge on any atom is 0.258 e. The molecule has 0 aromatic heterocycles. The quantitative estimate of drug-likeness (QED) is 0.773. The van der Waals surface area contributed by atoms with Gasteiger partial charge in [-0.25, -0.2) is 0 Å². The number of hydrogen-bond donors (Lipinski definition) is 1.